The normalized spacial score (nSPS) is 30.9. The van der Waals surface area contributed by atoms with Crippen LogP contribution in [-0.2, 0) is 28.4 Å². The smallest absolute Gasteiger partial charge is 0.104 e. The third-order valence-electron chi connectivity index (χ3n) is 4.01. The highest BCUT2D eigenvalue weighted by molar-refractivity contribution is 4.72. The molecule has 7 heteroatoms. The molecule has 0 aliphatic carbocycles. The number of epoxide rings is 3. The van der Waals surface area contributed by atoms with E-state index in [4.69, 9.17) is 28.4 Å². The third-order valence-corrected chi connectivity index (χ3v) is 4.01. The molecular weight excluding hydrogens is 304 g/mol. The standard InChI is InChI=1S/C16H28O7/c17-12(5-19-7-15-9-22-15)4-18-6-13(21-10-16-11-23-16)2-1-3-14-8-20-14/h12-17H,1-11H2. The van der Waals surface area contributed by atoms with Crippen LogP contribution in [0, 0.1) is 0 Å². The van der Waals surface area contributed by atoms with E-state index in [0.717, 1.165) is 39.1 Å². The molecule has 5 unspecified atom stereocenters. The molecule has 5 atom stereocenters. The van der Waals surface area contributed by atoms with Crippen molar-refractivity contribution in [2.24, 2.45) is 0 Å². The highest BCUT2D eigenvalue weighted by atomic mass is 16.6. The molecule has 0 bridgehead atoms. The van der Waals surface area contributed by atoms with E-state index in [0.29, 0.717) is 25.9 Å². The first kappa shape index (κ1) is 17.5. The van der Waals surface area contributed by atoms with Crippen molar-refractivity contribution in [3.05, 3.63) is 0 Å². The molecular formula is C16H28O7. The zero-order valence-corrected chi connectivity index (χ0v) is 13.6. The van der Waals surface area contributed by atoms with Crippen molar-refractivity contribution >= 4 is 0 Å². The van der Waals surface area contributed by atoms with Crippen molar-refractivity contribution in [3.8, 4) is 0 Å². The SMILES string of the molecule is OC(COCC(CCCC1CO1)OCC1CO1)COCC1CO1. The van der Waals surface area contributed by atoms with Gasteiger partial charge < -0.3 is 33.5 Å². The summed E-state index contributed by atoms with van der Waals surface area (Å²) in [7, 11) is 0. The first-order chi connectivity index (χ1) is 11.3. The minimum Gasteiger partial charge on any atom is -0.388 e. The lowest BCUT2D eigenvalue weighted by atomic mass is 10.1. The van der Waals surface area contributed by atoms with Gasteiger partial charge in [-0.25, -0.2) is 0 Å². The Balaban J connectivity index is 1.22. The van der Waals surface area contributed by atoms with Gasteiger partial charge in [-0.15, -0.1) is 0 Å². The van der Waals surface area contributed by atoms with Crippen LogP contribution in [0.4, 0.5) is 0 Å². The molecule has 0 saturated carbocycles. The molecule has 134 valence electrons. The molecule has 3 heterocycles. The van der Waals surface area contributed by atoms with Gasteiger partial charge in [0.25, 0.3) is 0 Å². The second kappa shape index (κ2) is 9.27. The summed E-state index contributed by atoms with van der Waals surface area (Å²) in [6.45, 7) is 4.66. The summed E-state index contributed by atoms with van der Waals surface area (Å²) >= 11 is 0. The van der Waals surface area contributed by atoms with Crippen LogP contribution in [0.1, 0.15) is 19.3 Å². The van der Waals surface area contributed by atoms with Crippen molar-refractivity contribution in [2.75, 3.05) is 52.9 Å². The second-order valence-electron chi connectivity index (χ2n) is 6.48. The molecule has 3 aliphatic heterocycles. The van der Waals surface area contributed by atoms with Gasteiger partial charge >= 0.3 is 0 Å². The average molecular weight is 332 g/mol. The third kappa shape index (κ3) is 8.39. The van der Waals surface area contributed by atoms with Gasteiger partial charge in [0.2, 0.25) is 0 Å². The van der Waals surface area contributed by atoms with E-state index >= 15 is 0 Å². The lowest BCUT2D eigenvalue weighted by Gasteiger charge is -2.19. The Morgan fingerprint density at radius 1 is 0.870 bits per heavy atom. The summed E-state index contributed by atoms with van der Waals surface area (Å²) in [6.07, 6.45) is 3.47. The topological polar surface area (TPSA) is 85.5 Å². The highest BCUT2D eigenvalue weighted by Crippen LogP contribution is 2.19. The molecule has 0 aromatic carbocycles. The molecule has 23 heavy (non-hydrogen) atoms. The van der Waals surface area contributed by atoms with E-state index in [-0.39, 0.29) is 31.5 Å². The quantitative estimate of drug-likeness (QED) is 0.427. The van der Waals surface area contributed by atoms with Gasteiger partial charge in [0, 0.05) is 0 Å². The molecule has 3 fully saturated rings. The zero-order chi connectivity index (χ0) is 15.9. The van der Waals surface area contributed by atoms with Crippen molar-refractivity contribution in [2.45, 2.75) is 49.8 Å². The minimum absolute atomic E-state index is 0.0472. The lowest BCUT2D eigenvalue weighted by Crippen LogP contribution is -2.27. The summed E-state index contributed by atoms with van der Waals surface area (Å²) in [5, 5.41) is 9.81. The molecule has 0 aromatic rings. The molecule has 3 saturated heterocycles. The molecule has 0 spiro atoms. The number of ether oxygens (including phenoxy) is 6. The Labute approximate surface area is 137 Å². The fraction of sp³-hybridized carbons (Fsp3) is 1.00. The Kier molecular flexibility index (Phi) is 7.07. The monoisotopic (exact) mass is 332 g/mol. The largest absolute Gasteiger partial charge is 0.388 e. The fourth-order valence-corrected chi connectivity index (χ4v) is 2.31. The van der Waals surface area contributed by atoms with Gasteiger partial charge in [0.05, 0.1) is 65.1 Å². The Morgan fingerprint density at radius 3 is 2.22 bits per heavy atom. The van der Waals surface area contributed by atoms with E-state index < -0.39 is 6.10 Å². The molecule has 3 aliphatic rings. The van der Waals surface area contributed by atoms with Gasteiger partial charge in [0.15, 0.2) is 0 Å². The van der Waals surface area contributed by atoms with Crippen LogP contribution in [-0.4, -0.2) is 88.5 Å². The number of hydrogen-bond acceptors (Lipinski definition) is 7. The second-order valence-corrected chi connectivity index (χ2v) is 6.48. The summed E-state index contributed by atoms with van der Waals surface area (Å²) < 4.78 is 32.2. The Hall–Kier alpha value is -0.280. The highest BCUT2D eigenvalue weighted by Gasteiger charge is 2.26. The van der Waals surface area contributed by atoms with Gasteiger partial charge in [0.1, 0.15) is 18.3 Å². The summed E-state index contributed by atoms with van der Waals surface area (Å²) in [6, 6.07) is 0. The van der Waals surface area contributed by atoms with Crippen LogP contribution in [0.3, 0.4) is 0 Å². The van der Waals surface area contributed by atoms with Gasteiger partial charge in [-0.05, 0) is 19.3 Å². The molecule has 3 rings (SSSR count). The lowest BCUT2D eigenvalue weighted by molar-refractivity contribution is -0.0619. The maximum atomic E-state index is 9.81. The van der Waals surface area contributed by atoms with Crippen molar-refractivity contribution in [3.63, 3.8) is 0 Å². The first-order valence-electron chi connectivity index (χ1n) is 8.59. The van der Waals surface area contributed by atoms with Crippen LogP contribution in [0.2, 0.25) is 0 Å². The maximum Gasteiger partial charge on any atom is 0.104 e. The van der Waals surface area contributed by atoms with Crippen LogP contribution < -0.4 is 0 Å². The van der Waals surface area contributed by atoms with Crippen LogP contribution in [0.15, 0.2) is 0 Å². The van der Waals surface area contributed by atoms with Crippen molar-refractivity contribution in [1.82, 2.24) is 0 Å². The van der Waals surface area contributed by atoms with Crippen LogP contribution >= 0.6 is 0 Å². The maximum absolute atomic E-state index is 9.81. The predicted octanol–water partition coefficient (Wildman–Crippen LogP) is 0.132. The Morgan fingerprint density at radius 2 is 1.52 bits per heavy atom. The minimum atomic E-state index is -0.610. The summed E-state index contributed by atoms with van der Waals surface area (Å²) in [5.41, 5.74) is 0. The molecule has 0 radical (unpaired) electrons. The van der Waals surface area contributed by atoms with E-state index in [1.807, 2.05) is 0 Å². The van der Waals surface area contributed by atoms with E-state index in [1.54, 1.807) is 0 Å². The molecule has 7 nitrogen and oxygen atoms in total. The number of rotatable bonds is 15. The van der Waals surface area contributed by atoms with E-state index in [2.05, 4.69) is 0 Å². The van der Waals surface area contributed by atoms with Crippen LogP contribution in [0.25, 0.3) is 0 Å². The summed E-state index contributed by atoms with van der Waals surface area (Å²) in [4.78, 5) is 0. The molecule has 1 N–H and O–H groups in total. The number of aliphatic hydroxyl groups is 1. The van der Waals surface area contributed by atoms with Gasteiger partial charge in [-0.3, -0.25) is 0 Å². The van der Waals surface area contributed by atoms with Crippen molar-refractivity contribution < 1.29 is 33.5 Å². The van der Waals surface area contributed by atoms with Crippen LogP contribution in [0.5, 0.6) is 0 Å². The number of hydrogen-bond donors (Lipinski definition) is 1. The van der Waals surface area contributed by atoms with E-state index in [9.17, 15) is 5.11 Å². The Bertz CT molecular complexity index is 328. The first-order valence-corrected chi connectivity index (χ1v) is 8.59. The molecule has 0 amide bonds. The zero-order valence-electron chi connectivity index (χ0n) is 13.6. The van der Waals surface area contributed by atoms with Gasteiger partial charge in [-0.1, -0.05) is 0 Å². The van der Waals surface area contributed by atoms with Crippen molar-refractivity contribution in [1.29, 1.82) is 0 Å². The van der Waals surface area contributed by atoms with Gasteiger partial charge in [-0.2, -0.15) is 0 Å². The van der Waals surface area contributed by atoms with E-state index in [1.165, 1.54) is 0 Å². The fourth-order valence-electron chi connectivity index (χ4n) is 2.31. The number of aliphatic hydroxyl groups excluding tert-OH is 1. The predicted molar refractivity (Wildman–Crippen MR) is 80.5 cm³/mol. The summed E-state index contributed by atoms with van der Waals surface area (Å²) in [5.74, 6) is 0. The average Bonchev–Trinajstić information content (AvgIpc) is 3.36. The molecule has 0 aromatic heterocycles.